The van der Waals surface area contributed by atoms with Crippen LogP contribution in [-0.2, 0) is 30.3 Å². The number of imidazole rings is 2. The standard InChI is InChI=1S/C43H54F2N8O7/c1-8-27(24-60-41(44)45)22-52(39(54)36(25(2)3)50-42(56)58-6)23-35-46-20-32(48-35)30-15-11-28(12-16-30)29-13-17-31(18-14-29)33-21-47-38(49-33)34-10-9-19-53(34)40(55)37(26(4)5)51-43(57)59-7/h8,11-18,20-21,25-27,34,36-37,41H,1,9-10,19,22-24H2,2-7H3,(H,46,48)(H,47,49)(H,50,56)(H,51,57). The average Bonchev–Trinajstić information content (AvgIpc) is 4.04. The molecule has 15 nitrogen and oxygen atoms in total. The molecule has 0 saturated carbocycles. The number of ether oxygens (including phenoxy) is 3. The third kappa shape index (κ3) is 11.3. The Bertz CT molecular complexity index is 2070. The van der Waals surface area contributed by atoms with E-state index < -0.39 is 42.7 Å². The van der Waals surface area contributed by atoms with Crippen LogP contribution in [0.1, 0.15) is 58.2 Å². The molecule has 60 heavy (non-hydrogen) atoms. The molecule has 1 aliphatic heterocycles. The second-order valence-electron chi connectivity index (χ2n) is 15.3. The van der Waals surface area contributed by atoms with Gasteiger partial charge in [-0.25, -0.2) is 19.6 Å². The average molecular weight is 833 g/mol. The van der Waals surface area contributed by atoms with Crippen LogP contribution in [0.3, 0.4) is 0 Å². The van der Waals surface area contributed by atoms with E-state index in [0.717, 1.165) is 40.8 Å². The Balaban J connectivity index is 1.26. The van der Waals surface area contributed by atoms with E-state index in [1.54, 1.807) is 31.1 Å². The van der Waals surface area contributed by atoms with Crippen molar-refractivity contribution in [1.82, 2.24) is 40.4 Å². The third-order valence-corrected chi connectivity index (χ3v) is 10.5. The molecule has 4 N–H and O–H groups in total. The molecule has 5 rings (SSSR count). The normalized spacial score (nSPS) is 15.4. The Morgan fingerprint density at radius 1 is 0.850 bits per heavy atom. The minimum absolute atomic E-state index is 0.00363. The van der Waals surface area contributed by atoms with Gasteiger partial charge >= 0.3 is 18.8 Å². The lowest BCUT2D eigenvalue weighted by Crippen LogP contribution is -2.52. The van der Waals surface area contributed by atoms with Gasteiger partial charge in [-0.2, -0.15) is 8.78 Å². The number of hydrogen-bond donors (Lipinski definition) is 4. The molecule has 2 aromatic carbocycles. The molecule has 0 aliphatic carbocycles. The topological polar surface area (TPSA) is 184 Å². The van der Waals surface area contributed by atoms with Gasteiger partial charge in [-0.1, -0.05) is 82.3 Å². The van der Waals surface area contributed by atoms with E-state index in [9.17, 15) is 28.0 Å². The Morgan fingerprint density at radius 3 is 1.92 bits per heavy atom. The molecule has 4 amide bonds. The van der Waals surface area contributed by atoms with Crippen LogP contribution < -0.4 is 10.6 Å². The number of methoxy groups -OCH3 is 2. The van der Waals surface area contributed by atoms with Crippen molar-refractivity contribution in [1.29, 1.82) is 0 Å². The van der Waals surface area contributed by atoms with Crippen molar-refractivity contribution in [3.8, 4) is 33.6 Å². The van der Waals surface area contributed by atoms with E-state index in [1.807, 2.05) is 62.4 Å². The molecule has 3 heterocycles. The fourth-order valence-corrected chi connectivity index (χ4v) is 7.10. The number of alkyl carbamates (subject to hydrolysis) is 2. The van der Waals surface area contributed by atoms with Crippen LogP contribution in [0.15, 0.2) is 73.6 Å². The summed E-state index contributed by atoms with van der Waals surface area (Å²) in [5.74, 6) is -0.543. The summed E-state index contributed by atoms with van der Waals surface area (Å²) in [6.45, 7) is 8.25. The predicted molar refractivity (Wildman–Crippen MR) is 220 cm³/mol. The molecule has 17 heteroatoms. The highest BCUT2D eigenvalue weighted by Crippen LogP contribution is 2.33. The third-order valence-electron chi connectivity index (χ3n) is 10.5. The van der Waals surface area contributed by atoms with Crippen LogP contribution in [0, 0.1) is 17.8 Å². The van der Waals surface area contributed by atoms with Gasteiger partial charge in [-0.15, -0.1) is 6.58 Å². The van der Waals surface area contributed by atoms with E-state index >= 15 is 0 Å². The Kier molecular flexibility index (Phi) is 15.5. The first-order valence-electron chi connectivity index (χ1n) is 19.8. The predicted octanol–water partition coefficient (Wildman–Crippen LogP) is 6.93. The number of likely N-dealkylation sites (tertiary alicyclic amines) is 1. The fourth-order valence-electron chi connectivity index (χ4n) is 7.10. The lowest BCUT2D eigenvalue weighted by molar-refractivity contribution is -0.142. The summed E-state index contributed by atoms with van der Waals surface area (Å²) in [4.78, 5) is 70.4. The van der Waals surface area contributed by atoms with Crippen LogP contribution >= 0.6 is 0 Å². The van der Waals surface area contributed by atoms with Crippen molar-refractivity contribution in [2.24, 2.45) is 17.8 Å². The molecule has 0 spiro atoms. The molecule has 4 unspecified atom stereocenters. The number of aromatic nitrogens is 4. The van der Waals surface area contributed by atoms with Crippen LogP contribution in [0.4, 0.5) is 18.4 Å². The molecule has 4 aromatic rings. The van der Waals surface area contributed by atoms with Gasteiger partial charge in [0, 0.05) is 19.0 Å². The molecule has 1 saturated heterocycles. The molecule has 0 radical (unpaired) electrons. The van der Waals surface area contributed by atoms with Gasteiger partial charge in [0.2, 0.25) is 11.8 Å². The first-order chi connectivity index (χ1) is 28.7. The number of hydrogen-bond acceptors (Lipinski definition) is 9. The Labute approximate surface area is 348 Å². The number of carbonyl (C=O) groups excluding carboxylic acids is 4. The van der Waals surface area contributed by atoms with Gasteiger partial charge in [0.1, 0.15) is 23.7 Å². The number of nitrogens with one attached hydrogen (secondary N) is 4. The first-order valence-corrected chi connectivity index (χ1v) is 19.8. The smallest absolute Gasteiger partial charge is 0.407 e. The molecule has 1 fully saturated rings. The minimum atomic E-state index is -2.98. The molecular weight excluding hydrogens is 779 g/mol. The quantitative estimate of drug-likeness (QED) is 0.0773. The molecule has 322 valence electrons. The largest absolute Gasteiger partial charge is 0.453 e. The van der Waals surface area contributed by atoms with Gasteiger partial charge in [-0.3, -0.25) is 9.59 Å². The monoisotopic (exact) mass is 832 g/mol. The Morgan fingerprint density at radius 2 is 1.38 bits per heavy atom. The lowest BCUT2D eigenvalue weighted by Gasteiger charge is -2.31. The summed E-state index contributed by atoms with van der Waals surface area (Å²) in [6.07, 6.45) is 5.02. The van der Waals surface area contributed by atoms with Crippen LogP contribution in [0.25, 0.3) is 33.6 Å². The number of benzene rings is 2. The molecule has 4 atom stereocenters. The SMILES string of the molecule is C=CC(COC(F)F)CN(Cc1ncc(-c2ccc(-c3ccc(-c4cnc(C5CCCN5C(=O)C(NC(=O)OC)C(C)C)[nH]4)cc3)cc2)[nH]1)C(=O)C(NC(=O)OC)C(C)C. The highest BCUT2D eigenvalue weighted by atomic mass is 19.3. The molecule has 2 aromatic heterocycles. The minimum Gasteiger partial charge on any atom is -0.453 e. The van der Waals surface area contributed by atoms with Crippen LogP contribution in [0.2, 0.25) is 0 Å². The zero-order valence-corrected chi connectivity index (χ0v) is 34.7. The molecule has 0 bridgehead atoms. The highest BCUT2D eigenvalue weighted by Gasteiger charge is 2.37. The number of rotatable bonds is 18. The van der Waals surface area contributed by atoms with Gasteiger partial charge in [0.05, 0.1) is 57.2 Å². The van der Waals surface area contributed by atoms with E-state index in [-0.39, 0.29) is 43.5 Å². The van der Waals surface area contributed by atoms with Crippen molar-refractivity contribution < 1.29 is 42.2 Å². The summed E-state index contributed by atoms with van der Waals surface area (Å²) >= 11 is 0. The first kappa shape index (κ1) is 45.0. The summed E-state index contributed by atoms with van der Waals surface area (Å²) in [7, 11) is 2.47. The maximum atomic E-state index is 13.8. The van der Waals surface area contributed by atoms with Gasteiger partial charge < -0.3 is 44.6 Å². The zero-order chi connectivity index (χ0) is 43.5. The fraction of sp³-hybridized carbons (Fsp3) is 0.442. The summed E-state index contributed by atoms with van der Waals surface area (Å²) in [6, 6.07) is 14.0. The molecule has 1 aliphatic rings. The van der Waals surface area contributed by atoms with Crippen LogP contribution in [0.5, 0.6) is 0 Å². The van der Waals surface area contributed by atoms with E-state index in [2.05, 4.69) is 41.9 Å². The van der Waals surface area contributed by atoms with E-state index in [4.69, 9.17) is 9.47 Å². The number of aromatic amines is 2. The number of halogens is 2. The number of nitrogens with zero attached hydrogens (tertiary/aromatic N) is 4. The Hall–Kier alpha value is -6.10. The zero-order valence-electron chi connectivity index (χ0n) is 34.7. The molecular formula is C43H54F2N8O7. The number of carbonyl (C=O) groups is 4. The number of amides is 4. The summed E-state index contributed by atoms with van der Waals surface area (Å²) < 4.78 is 39.7. The number of H-pyrrole nitrogens is 2. The number of alkyl halides is 2. The second kappa shape index (κ2) is 20.7. The van der Waals surface area contributed by atoms with E-state index in [0.29, 0.717) is 23.9 Å². The van der Waals surface area contributed by atoms with Gasteiger partial charge in [0.15, 0.2) is 0 Å². The highest BCUT2D eigenvalue weighted by molar-refractivity contribution is 5.87. The van der Waals surface area contributed by atoms with Crippen molar-refractivity contribution >= 4 is 24.0 Å². The van der Waals surface area contributed by atoms with Crippen LogP contribution in [-0.4, -0.2) is 106 Å². The van der Waals surface area contributed by atoms with Crippen molar-refractivity contribution in [3.63, 3.8) is 0 Å². The lowest BCUT2D eigenvalue weighted by atomic mass is 10.0. The van der Waals surface area contributed by atoms with E-state index in [1.165, 1.54) is 25.2 Å². The maximum Gasteiger partial charge on any atom is 0.407 e. The summed E-state index contributed by atoms with van der Waals surface area (Å²) in [5.41, 5.74) is 5.26. The van der Waals surface area contributed by atoms with Crippen molar-refractivity contribution in [2.45, 2.75) is 71.8 Å². The summed E-state index contributed by atoms with van der Waals surface area (Å²) in [5, 5.41) is 5.25. The van der Waals surface area contributed by atoms with Gasteiger partial charge in [-0.05, 0) is 46.9 Å². The second-order valence-corrected chi connectivity index (χ2v) is 15.3. The van der Waals surface area contributed by atoms with Gasteiger partial charge in [0.25, 0.3) is 0 Å². The maximum absolute atomic E-state index is 13.8. The van der Waals surface area contributed by atoms with Crippen molar-refractivity contribution in [2.75, 3.05) is 33.9 Å². The van der Waals surface area contributed by atoms with Crippen molar-refractivity contribution in [3.05, 3.63) is 85.2 Å².